The molecule has 3 rings (SSSR count). The van der Waals surface area contributed by atoms with Crippen molar-refractivity contribution in [2.75, 3.05) is 19.5 Å². The number of thiophene rings is 1. The number of amides is 1. The van der Waals surface area contributed by atoms with Crippen LogP contribution in [0.1, 0.15) is 12.3 Å². The Bertz CT molecular complexity index is 896. The summed E-state index contributed by atoms with van der Waals surface area (Å²) in [5.74, 6) is 1.66. The molecule has 1 N–H and O–H groups in total. The van der Waals surface area contributed by atoms with Gasteiger partial charge >= 0.3 is 0 Å². The van der Waals surface area contributed by atoms with Crippen molar-refractivity contribution < 1.29 is 18.8 Å². The number of aryl methyl sites for hydroxylation is 1. The van der Waals surface area contributed by atoms with Crippen LogP contribution in [0.3, 0.4) is 0 Å². The number of ether oxygens (including phenoxy) is 2. The average Bonchev–Trinajstić information content (AvgIpc) is 3.32. The molecule has 9 heteroatoms. The van der Waals surface area contributed by atoms with Crippen molar-refractivity contribution >= 4 is 34.5 Å². The van der Waals surface area contributed by atoms with E-state index in [2.05, 4.69) is 15.5 Å². The number of hydrogen-bond donors (Lipinski definition) is 1. The highest BCUT2D eigenvalue weighted by Gasteiger charge is 2.14. The van der Waals surface area contributed by atoms with E-state index in [4.69, 9.17) is 25.6 Å². The molecule has 0 fully saturated rings. The Kier molecular flexibility index (Phi) is 5.75. The molecular formula is C17H16ClN3O4S. The first-order chi connectivity index (χ1) is 12.6. The number of carbonyl (C=O) groups excluding carboxylic acids is 1. The molecule has 1 amide bonds. The molecule has 0 radical (unpaired) electrons. The van der Waals surface area contributed by atoms with Gasteiger partial charge in [-0.1, -0.05) is 16.8 Å². The second-order valence-electron chi connectivity index (χ2n) is 5.26. The highest BCUT2D eigenvalue weighted by atomic mass is 35.5. The number of nitrogens with one attached hydrogen (secondary N) is 1. The fourth-order valence-electron chi connectivity index (χ4n) is 2.25. The van der Waals surface area contributed by atoms with E-state index in [-0.39, 0.29) is 12.3 Å². The van der Waals surface area contributed by atoms with Gasteiger partial charge in [0.25, 0.3) is 0 Å². The third-order valence-electron chi connectivity index (χ3n) is 3.56. The average molecular weight is 394 g/mol. The van der Waals surface area contributed by atoms with Crippen LogP contribution in [0.5, 0.6) is 11.5 Å². The van der Waals surface area contributed by atoms with Crippen LogP contribution in [-0.4, -0.2) is 30.3 Å². The molecular weight excluding hydrogens is 378 g/mol. The molecule has 0 atom stereocenters. The van der Waals surface area contributed by atoms with Gasteiger partial charge in [0.1, 0.15) is 0 Å². The molecule has 0 spiro atoms. The summed E-state index contributed by atoms with van der Waals surface area (Å²) >= 11 is 7.72. The van der Waals surface area contributed by atoms with E-state index in [1.807, 2.05) is 16.8 Å². The largest absolute Gasteiger partial charge is 0.493 e. The molecule has 2 aromatic heterocycles. The van der Waals surface area contributed by atoms with Crippen molar-refractivity contribution in [2.45, 2.75) is 12.8 Å². The van der Waals surface area contributed by atoms with Crippen molar-refractivity contribution in [3.8, 4) is 22.9 Å². The number of hydrogen-bond acceptors (Lipinski definition) is 7. The molecule has 3 aromatic rings. The number of aromatic nitrogens is 2. The van der Waals surface area contributed by atoms with Crippen molar-refractivity contribution in [3.05, 3.63) is 39.9 Å². The van der Waals surface area contributed by atoms with Crippen LogP contribution >= 0.6 is 22.9 Å². The summed E-state index contributed by atoms with van der Waals surface area (Å²) in [5.41, 5.74) is 1.34. The minimum atomic E-state index is -0.227. The Morgan fingerprint density at radius 2 is 2.08 bits per heavy atom. The third kappa shape index (κ3) is 4.14. The van der Waals surface area contributed by atoms with Crippen LogP contribution in [0.15, 0.2) is 33.5 Å². The van der Waals surface area contributed by atoms with Gasteiger partial charge < -0.3 is 19.3 Å². The Hall–Kier alpha value is -2.58. The monoisotopic (exact) mass is 393 g/mol. The van der Waals surface area contributed by atoms with Crippen LogP contribution in [0, 0.1) is 0 Å². The maximum Gasteiger partial charge on any atom is 0.227 e. The molecule has 0 saturated heterocycles. The van der Waals surface area contributed by atoms with Gasteiger partial charge in [0.2, 0.25) is 17.6 Å². The fraction of sp³-hybridized carbons (Fsp3) is 0.235. The minimum Gasteiger partial charge on any atom is -0.493 e. The molecule has 0 bridgehead atoms. The first-order valence-corrected chi connectivity index (χ1v) is 8.99. The van der Waals surface area contributed by atoms with Crippen LogP contribution in [0.2, 0.25) is 5.02 Å². The summed E-state index contributed by atoms with van der Waals surface area (Å²) in [6.07, 6.45) is 0.504. The summed E-state index contributed by atoms with van der Waals surface area (Å²) in [7, 11) is 3.03. The number of anilines is 1. The molecule has 136 valence electrons. The zero-order valence-electron chi connectivity index (χ0n) is 14.1. The maximum atomic E-state index is 12.2. The quantitative estimate of drug-likeness (QED) is 0.651. The zero-order valence-corrected chi connectivity index (χ0v) is 15.7. The number of methoxy groups -OCH3 is 2. The Labute approximate surface area is 158 Å². The van der Waals surface area contributed by atoms with E-state index >= 15 is 0 Å². The van der Waals surface area contributed by atoms with Crippen LogP contribution < -0.4 is 14.8 Å². The van der Waals surface area contributed by atoms with E-state index in [1.54, 1.807) is 23.5 Å². The third-order valence-corrected chi connectivity index (χ3v) is 4.56. The predicted octanol–water partition coefficient (Wildman–Crippen LogP) is 4.04. The molecule has 0 saturated carbocycles. The topological polar surface area (TPSA) is 86.5 Å². The van der Waals surface area contributed by atoms with Gasteiger partial charge in [-0.15, -0.1) is 0 Å². The van der Waals surface area contributed by atoms with Gasteiger partial charge in [-0.2, -0.15) is 16.3 Å². The lowest BCUT2D eigenvalue weighted by Gasteiger charge is -2.12. The lowest BCUT2D eigenvalue weighted by Crippen LogP contribution is -2.13. The van der Waals surface area contributed by atoms with E-state index in [0.29, 0.717) is 40.3 Å². The molecule has 1 aromatic carbocycles. The molecule has 0 aliphatic heterocycles. The smallest absolute Gasteiger partial charge is 0.227 e. The predicted molar refractivity (Wildman–Crippen MR) is 99.1 cm³/mol. The minimum absolute atomic E-state index is 0.177. The van der Waals surface area contributed by atoms with Crippen LogP contribution in [-0.2, 0) is 11.2 Å². The highest BCUT2D eigenvalue weighted by Crippen LogP contribution is 2.36. The maximum absolute atomic E-state index is 12.2. The van der Waals surface area contributed by atoms with Gasteiger partial charge in [-0.3, -0.25) is 4.79 Å². The zero-order chi connectivity index (χ0) is 18.5. The van der Waals surface area contributed by atoms with E-state index in [9.17, 15) is 4.79 Å². The molecule has 0 aliphatic carbocycles. The van der Waals surface area contributed by atoms with Crippen molar-refractivity contribution in [1.82, 2.24) is 10.1 Å². The lowest BCUT2D eigenvalue weighted by atomic mass is 10.2. The van der Waals surface area contributed by atoms with Gasteiger partial charge in [0.05, 0.1) is 24.9 Å². The number of benzene rings is 1. The van der Waals surface area contributed by atoms with E-state index in [0.717, 1.165) is 5.56 Å². The molecule has 0 aliphatic rings. The number of carbonyl (C=O) groups is 1. The number of rotatable bonds is 7. The lowest BCUT2D eigenvalue weighted by molar-refractivity contribution is -0.116. The van der Waals surface area contributed by atoms with E-state index in [1.165, 1.54) is 14.2 Å². The van der Waals surface area contributed by atoms with Crippen LogP contribution in [0.4, 0.5) is 5.69 Å². The van der Waals surface area contributed by atoms with E-state index < -0.39 is 0 Å². The van der Waals surface area contributed by atoms with Gasteiger partial charge in [-0.05, 0) is 11.4 Å². The Balaban J connectivity index is 1.61. The Morgan fingerprint density at radius 3 is 2.77 bits per heavy atom. The van der Waals surface area contributed by atoms with Gasteiger partial charge in [0.15, 0.2) is 11.5 Å². The number of nitrogens with zero attached hydrogens (tertiary/aromatic N) is 2. The van der Waals surface area contributed by atoms with Crippen molar-refractivity contribution in [1.29, 1.82) is 0 Å². The second-order valence-corrected chi connectivity index (χ2v) is 6.45. The normalized spacial score (nSPS) is 10.6. The van der Waals surface area contributed by atoms with Crippen LogP contribution in [0.25, 0.3) is 11.4 Å². The summed E-state index contributed by atoms with van der Waals surface area (Å²) in [6.45, 7) is 0. The van der Waals surface area contributed by atoms with Crippen molar-refractivity contribution in [3.63, 3.8) is 0 Å². The fourth-order valence-corrected chi connectivity index (χ4v) is 3.08. The molecule has 0 unspecified atom stereocenters. The summed E-state index contributed by atoms with van der Waals surface area (Å²) in [5, 5.41) is 10.9. The second kappa shape index (κ2) is 8.20. The molecule has 7 nitrogen and oxygen atoms in total. The summed E-state index contributed by atoms with van der Waals surface area (Å²) < 4.78 is 15.6. The standard InChI is InChI=1S/C17H16ClN3O4S/c1-23-13-7-11(18)12(8-14(13)24-2)19-15(22)3-4-16-20-17(21-25-16)10-5-6-26-9-10/h5-9H,3-4H2,1-2H3,(H,19,22). The van der Waals surface area contributed by atoms with Gasteiger partial charge in [0, 0.05) is 35.9 Å². The van der Waals surface area contributed by atoms with Crippen molar-refractivity contribution in [2.24, 2.45) is 0 Å². The highest BCUT2D eigenvalue weighted by molar-refractivity contribution is 7.08. The SMILES string of the molecule is COc1cc(Cl)c(NC(=O)CCc2nc(-c3ccsc3)no2)cc1OC. The summed E-state index contributed by atoms with van der Waals surface area (Å²) in [6, 6.07) is 5.10. The first-order valence-electron chi connectivity index (χ1n) is 7.67. The molecule has 26 heavy (non-hydrogen) atoms. The number of halogens is 1. The Morgan fingerprint density at radius 1 is 1.31 bits per heavy atom. The summed E-state index contributed by atoms with van der Waals surface area (Å²) in [4.78, 5) is 16.5. The molecule has 2 heterocycles. The van der Waals surface area contributed by atoms with Gasteiger partial charge in [-0.25, -0.2) is 0 Å². The first kappa shape index (κ1) is 18.2.